The number of carbonyl (C=O) groups is 2. The maximum absolute atomic E-state index is 12.1. The van der Waals surface area contributed by atoms with Gasteiger partial charge in [-0.2, -0.15) is 0 Å². The van der Waals surface area contributed by atoms with E-state index < -0.39 is 11.8 Å². The molecule has 3 rings (SSSR count). The van der Waals surface area contributed by atoms with Crippen molar-refractivity contribution in [2.45, 2.75) is 6.92 Å². The minimum Gasteiger partial charge on any atom is -0.484 e. The molecular weight excluding hydrogens is 332 g/mol. The van der Waals surface area contributed by atoms with Crippen LogP contribution in [0.2, 0.25) is 0 Å². The molecular formula is C19H18N4O3. The Hall–Kier alpha value is -3.61. The first-order valence-electron chi connectivity index (χ1n) is 7.99. The number of imidazole rings is 1. The normalized spacial score (nSPS) is 10.2. The van der Waals surface area contributed by atoms with E-state index in [0.29, 0.717) is 11.3 Å². The first-order valence-corrected chi connectivity index (χ1v) is 7.99. The molecule has 7 nitrogen and oxygen atoms in total. The average Bonchev–Trinajstić information content (AvgIpc) is 3.20. The van der Waals surface area contributed by atoms with Crippen LogP contribution in [0.3, 0.4) is 0 Å². The van der Waals surface area contributed by atoms with E-state index in [4.69, 9.17) is 4.74 Å². The Labute approximate surface area is 150 Å². The van der Waals surface area contributed by atoms with E-state index in [2.05, 4.69) is 15.8 Å². The third kappa shape index (κ3) is 4.47. The number of hydrogen-bond donors (Lipinski definition) is 2. The monoisotopic (exact) mass is 350 g/mol. The molecule has 1 aromatic heterocycles. The van der Waals surface area contributed by atoms with Gasteiger partial charge in [0.05, 0.1) is 6.33 Å². The van der Waals surface area contributed by atoms with Crippen LogP contribution in [-0.2, 0) is 4.79 Å². The summed E-state index contributed by atoms with van der Waals surface area (Å²) in [5.41, 5.74) is 7.10. The molecule has 2 N–H and O–H groups in total. The van der Waals surface area contributed by atoms with Crippen molar-refractivity contribution >= 4 is 11.8 Å². The van der Waals surface area contributed by atoms with Crippen LogP contribution in [0, 0.1) is 6.92 Å². The molecule has 2 amide bonds. The van der Waals surface area contributed by atoms with E-state index in [1.54, 1.807) is 48.9 Å². The van der Waals surface area contributed by atoms with Crippen molar-refractivity contribution in [2.24, 2.45) is 0 Å². The highest BCUT2D eigenvalue weighted by atomic mass is 16.5. The summed E-state index contributed by atoms with van der Waals surface area (Å²) in [6.45, 7) is 1.77. The van der Waals surface area contributed by atoms with Crippen molar-refractivity contribution in [1.29, 1.82) is 0 Å². The fraction of sp³-hybridized carbons (Fsp3) is 0.105. The summed E-state index contributed by atoms with van der Waals surface area (Å²) >= 11 is 0. The highest BCUT2D eigenvalue weighted by molar-refractivity contribution is 5.95. The molecule has 0 atom stereocenters. The third-order valence-electron chi connectivity index (χ3n) is 3.64. The fourth-order valence-corrected chi connectivity index (χ4v) is 2.21. The van der Waals surface area contributed by atoms with Gasteiger partial charge in [0, 0.05) is 23.6 Å². The van der Waals surface area contributed by atoms with Crippen molar-refractivity contribution < 1.29 is 14.3 Å². The van der Waals surface area contributed by atoms with Crippen LogP contribution in [-0.4, -0.2) is 28.0 Å². The van der Waals surface area contributed by atoms with Gasteiger partial charge in [-0.3, -0.25) is 20.4 Å². The minimum atomic E-state index is -0.450. The maximum atomic E-state index is 12.1. The molecule has 0 fully saturated rings. The fourth-order valence-electron chi connectivity index (χ4n) is 2.21. The van der Waals surface area contributed by atoms with Gasteiger partial charge in [0.2, 0.25) is 0 Å². The zero-order chi connectivity index (χ0) is 18.4. The Morgan fingerprint density at radius 2 is 1.77 bits per heavy atom. The van der Waals surface area contributed by atoms with Crippen LogP contribution in [0.1, 0.15) is 15.9 Å². The lowest BCUT2D eigenvalue weighted by Crippen LogP contribution is -2.43. The van der Waals surface area contributed by atoms with Crippen molar-refractivity contribution in [3.8, 4) is 11.4 Å². The molecule has 132 valence electrons. The average molecular weight is 350 g/mol. The van der Waals surface area contributed by atoms with Gasteiger partial charge < -0.3 is 9.30 Å². The largest absolute Gasteiger partial charge is 0.484 e. The predicted octanol–water partition coefficient (Wildman–Crippen LogP) is 2.02. The molecule has 1 heterocycles. The SMILES string of the molecule is Cc1ccc(OCC(=O)NNC(=O)c2ccc(-n3ccnc3)cc2)cc1. The second-order valence-corrected chi connectivity index (χ2v) is 5.62. The van der Waals surface area contributed by atoms with E-state index in [1.807, 2.05) is 29.8 Å². The summed E-state index contributed by atoms with van der Waals surface area (Å²) in [4.78, 5) is 27.8. The molecule has 0 saturated heterocycles. The van der Waals surface area contributed by atoms with Crippen molar-refractivity contribution in [2.75, 3.05) is 6.61 Å². The molecule has 0 bridgehead atoms. The lowest BCUT2D eigenvalue weighted by Gasteiger charge is -2.09. The molecule has 0 aliphatic carbocycles. The summed E-state index contributed by atoms with van der Waals surface area (Å²) < 4.78 is 7.17. The van der Waals surface area contributed by atoms with Gasteiger partial charge in [0.1, 0.15) is 5.75 Å². The number of rotatable bonds is 5. The number of aryl methyl sites for hydroxylation is 1. The van der Waals surface area contributed by atoms with Gasteiger partial charge in [-0.05, 0) is 43.3 Å². The van der Waals surface area contributed by atoms with E-state index >= 15 is 0 Å². The molecule has 3 aromatic rings. The Morgan fingerprint density at radius 3 is 2.42 bits per heavy atom. The van der Waals surface area contributed by atoms with Gasteiger partial charge >= 0.3 is 0 Å². The van der Waals surface area contributed by atoms with Crippen LogP contribution in [0.5, 0.6) is 5.75 Å². The molecule has 0 spiro atoms. The standard InChI is InChI=1S/C19H18N4O3/c1-14-2-8-17(9-3-14)26-12-18(24)21-22-19(25)15-4-6-16(7-5-15)23-11-10-20-13-23/h2-11,13H,12H2,1H3,(H,21,24)(H,22,25). The minimum absolute atomic E-state index is 0.192. The number of nitrogens with zero attached hydrogens (tertiary/aromatic N) is 2. The number of amides is 2. The Bertz CT molecular complexity index is 872. The summed E-state index contributed by atoms with van der Waals surface area (Å²) in [6.07, 6.45) is 5.15. The number of hydrogen-bond acceptors (Lipinski definition) is 4. The molecule has 0 unspecified atom stereocenters. The first-order chi connectivity index (χ1) is 12.6. The van der Waals surface area contributed by atoms with Crippen molar-refractivity contribution in [1.82, 2.24) is 20.4 Å². The zero-order valence-electron chi connectivity index (χ0n) is 14.2. The van der Waals surface area contributed by atoms with E-state index in [0.717, 1.165) is 11.3 Å². The van der Waals surface area contributed by atoms with Crippen LogP contribution < -0.4 is 15.6 Å². The van der Waals surface area contributed by atoms with Crippen molar-refractivity contribution in [3.63, 3.8) is 0 Å². The van der Waals surface area contributed by atoms with Crippen LogP contribution in [0.4, 0.5) is 0 Å². The maximum Gasteiger partial charge on any atom is 0.276 e. The first kappa shape index (κ1) is 17.2. The van der Waals surface area contributed by atoms with Crippen LogP contribution in [0.25, 0.3) is 5.69 Å². The van der Waals surface area contributed by atoms with Crippen molar-refractivity contribution in [3.05, 3.63) is 78.4 Å². The van der Waals surface area contributed by atoms with Gasteiger partial charge in [0.25, 0.3) is 11.8 Å². The Balaban J connectivity index is 1.47. The van der Waals surface area contributed by atoms with Gasteiger partial charge in [-0.1, -0.05) is 17.7 Å². The topological polar surface area (TPSA) is 85.3 Å². The molecule has 7 heteroatoms. The van der Waals surface area contributed by atoms with E-state index in [1.165, 1.54) is 0 Å². The highest BCUT2D eigenvalue weighted by Gasteiger charge is 2.08. The second-order valence-electron chi connectivity index (χ2n) is 5.62. The third-order valence-corrected chi connectivity index (χ3v) is 3.64. The Kier molecular flexibility index (Phi) is 5.28. The lowest BCUT2D eigenvalue weighted by molar-refractivity contribution is -0.123. The molecule has 0 saturated carbocycles. The van der Waals surface area contributed by atoms with Gasteiger partial charge in [-0.25, -0.2) is 4.98 Å². The summed E-state index contributed by atoms with van der Waals surface area (Å²) in [5.74, 6) is -0.271. The molecule has 0 aliphatic rings. The molecule has 2 aromatic carbocycles. The molecule has 0 radical (unpaired) electrons. The number of ether oxygens (including phenoxy) is 1. The number of carbonyl (C=O) groups excluding carboxylic acids is 2. The number of benzene rings is 2. The Morgan fingerprint density at radius 1 is 1.04 bits per heavy atom. The smallest absolute Gasteiger partial charge is 0.276 e. The molecule has 0 aliphatic heterocycles. The summed E-state index contributed by atoms with van der Waals surface area (Å²) in [7, 11) is 0. The zero-order valence-corrected chi connectivity index (χ0v) is 14.2. The van der Waals surface area contributed by atoms with Gasteiger partial charge in [-0.15, -0.1) is 0 Å². The predicted molar refractivity (Wildman–Crippen MR) is 95.8 cm³/mol. The quantitative estimate of drug-likeness (QED) is 0.690. The van der Waals surface area contributed by atoms with E-state index in [9.17, 15) is 9.59 Å². The molecule has 26 heavy (non-hydrogen) atoms. The highest BCUT2D eigenvalue weighted by Crippen LogP contribution is 2.11. The number of nitrogens with one attached hydrogen (secondary N) is 2. The van der Waals surface area contributed by atoms with E-state index in [-0.39, 0.29) is 6.61 Å². The summed E-state index contributed by atoms with van der Waals surface area (Å²) in [6, 6.07) is 14.3. The number of aromatic nitrogens is 2. The second kappa shape index (κ2) is 7.98. The van der Waals surface area contributed by atoms with Gasteiger partial charge in [0.15, 0.2) is 6.61 Å². The number of hydrazine groups is 1. The van der Waals surface area contributed by atoms with Crippen LogP contribution >= 0.6 is 0 Å². The van der Waals surface area contributed by atoms with Crippen LogP contribution in [0.15, 0.2) is 67.3 Å². The summed E-state index contributed by atoms with van der Waals surface area (Å²) in [5, 5.41) is 0. The lowest BCUT2D eigenvalue weighted by atomic mass is 10.2.